The van der Waals surface area contributed by atoms with Gasteiger partial charge in [-0.25, -0.2) is 0 Å². The maximum Gasteiger partial charge on any atom is 0.270 e. The summed E-state index contributed by atoms with van der Waals surface area (Å²) in [6, 6.07) is 6.84. The summed E-state index contributed by atoms with van der Waals surface area (Å²) in [7, 11) is 1.97. The average molecular weight is 610 g/mol. The van der Waals surface area contributed by atoms with Gasteiger partial charge in [0.1, 0.15) is 12.2 Å². The molecule has 2 fully saturated rings. The fraction of sp³-hybridized carbons (Fsp3) is 0.649. The van der Waals surface area contributed by atoms with E-state index in [1.165, 1.54) is 16.7 Å². The normalized spacial score (nSPS) is 19.0. The molecular weight excluding hydrogens is 546 g/mol. The van der Waals surface area contributed by atoms with E-state index in [0.717, 1.165) is 82.4 Å². The molecule has 7 heteroatoms. The molecule has 1 atom stereocenters. The molecule has 0 bridgehead atoms. The first-order valence-electron chi connectivity index (χ1n) is 16.8. The van der Waals surface area contributed by atoms with Gasteiger partial charge in [0.15, 0.2) is 0 Å². The van der Waals surface area contributed by atoms with E-state index in [2.05, 4.69) is 78.6 Å². The number of hydrogen-bond donors (Lipinski definition) is 2. The number of carbonyl (C=O) groups excluding carboxylic acids is 2. The van der Waals surface area contributed by atoms with E-state index in [0.29, 0.717) is 23.6 Å². The SMILES string of the molecule is C=CC.CCCN(CCC(C)C)C(=O)CN=C1CCC(C)C/C1=C(/N)C(=O)N1CCC(NC)CC1.Cc1cccc(C)c1C. The number of rotatable bonds is 9. The Bertz CT molecular complexity index is 1080. The zero-order chi connectivity index (χ0) is 33.2. The number of piperidine rings is 1. The Hall–Kier alpha value is -2.93. The second kappa shape index (κ2) is 20.9. The fourth-order valence-electron chi connectivity index (χ4n) is 5.42. The Morgan fingerprint density at radius 2 is 1.73 bits per heavy atom. The van der Waals surface area contributed by atoms with Crippen molar-refractivity contribution in [1.29, 1.82) is 0 Å². The number of nitrogens with two attached hydrogens (primary N) is 1. The minimum absolute atomic E-state index is 0.0667. The Balaban J connectivity index is 0.000000672. The van der Waals surface area contributed by atoms with Crippen molar-refractivity contribution in [1.82, 2.24) is 15.1 Å². The summed E-state index contributed by atoms with van der Waals surface area (Å²) in [6.45, 7) is 23.4. The van der Waals surface area contributed by atoms with Crippen LogP contribution >= 0.6 is 0 Å². The molecule has 1 aromatic carbocycles. The lowest BCUT2D eigenvalue weighted by molar-refractivity contribution is -0.130. The Labute approximate surface area is 269 Å². The number of likely N-dealkylation sites (tertiary alicyclic amines) is 1. The zero-order valence-electron chi connectivity index (χ0n) is 29.5. The van der Waals surface area contributed by atoms with E-state index in [1.54, 1.807) is 6.08 Å². The van der Waals surface area contributed by atoms with Gasteiger partial charge in [0.25, 0.3) is 5.91 Å². The first kappa shape index (κ1) is 39.1. The summed E-state index contributed by atoms with van der Waals surface area (Å²) >= 11 is 0. The number of benzene rings is 1. The van der Waals surface area contributed by atoms with E-state index in [1.807, 2.05) is 23.8 Å². The van der Waals surface area contributed by atoms with Crippen LogP contribution < -0.4 is 11.1 Å². The molecule has 1 aromatic rings. The summed E-state index contributed by atoms with van der Waals surface area (Å²) < 4.78 is 0. The molecule has 0 spiro atoms. The number of allylic oxidation sites excluding steroid dienone is 2. The van der Waals surface area contributed by atoms with Crippen LogP contribution in [-0.2, 0) is 9.59 Å². The van der Waals surface area contributed by atoms with Crippen LogP contribution in [0.5, 0.6) is 0 Å². The molecule has 2 amide bonds. The van der Waals surface area contributed by atoms with Gasteiger partial charge in [-0.1, -0.05) is 52.0 Å². The van der Waals surface area contributed by atoms with Gasteiger partial charge in [-0.3, -0.25) is 14.6 Å². The fourth-order valence-corrected chi connectivity index (χ4v) is 5.42. The highest BCUT2D eigenvalue weighted by Gasteiger charge is 2.28. The lowest BCUT2D eigenvalue weighted by atomic mass is 9.84. The van der Waals surface area contributed by atoms with Crippen LogP contribution in [0.1, 0.15) is 96.3 Å². The number of hydrogen-bond acceptors (Lipinski definition) is 5. The van der Waals surface area contributed by atoms with E-state index < -0.39 is 0 Å². The van der Waals surface area contributed by atoms with Gasteiger partial charge in [0.2, 0.25) is 5.91 Å². The first-order valence-corrected chi connectivity index (χ1v) is 16.8. The maximum atomic E-state index is 13.1. The molecular formula is C37H63N5O2. The molecule has 0 radical (unpaired) electrons. The summed E-state index contributed by atoms with van der Waals surface area (Å²) in [5, 5.41) is 3.29. The van der Waals surface area contributed by atoms with Crippen LogP contribution in [0.15, 0.2) is 47.1 Å². The first-order chi connectivity index (χ1) is 20.9. The molecule has 1 saturated heterocycles. The monoisotopic (exact) mass is 609 g/mol. The Kier molecular flexibility index (Phi) is 18.6. The third kappa shape index (κ3) is 13.4. The van der Waals surface area contributed by atoms with Crippen LogP contribution in [0.3, 0.4) is 0 Å². The summed E-state index contributed by atoms with van der Waals surface area (Å²) in [4.78, 5) is 34.5. The number of aliphatic imine (C=N–C) groups is 1. The molecule has 1 heterocycles. The molecule has 1 saturated carbocycles. The van der Waals surface area contributed by atoms with Gasteiger partial charge >= 0.3 is 0 Å². The number of amides is 2. The van der Waals surface area contributed by atoms with Crippen molar-refractivity contribution in [2.75, 3.05) is 39.8 Å². The van der Waals surface area contributed by atoms with Crippen molar-refractivity contribution in [3.05, 3.63) is 58.8 Å². The molecule has 2 aliphatic rings. The highest BCUT2D eigenvalue weighted by Crippen LogP contribution is 2.28. The predicted molar refractivity (Wildman–Crippen MR) is 188 cm³/mol. The molecule has 248 valence electrons. The Morgan fingerprint density at radius 1 is 1.14 bits per heavy atom. The van der Waals surface area contributed by atoms with Crippen molar-refractivity contribution < 1.29 is 9.59 Å². The van der Waals surface area contributed by atoms with Crippen LogP contribution in [0.25, 0.3) is 0 Å². The molecule has 44 heavy (non-hydrogen) atoms. The summed E-state index contributed by atoms with van der Waals surface area (Å²) in [5.41, 5.74) is 12.7. The summed E-state index contributed by atoms with van der Waals surface area (Å²) in [6.07, 6.45) is 8.12. The molecule has 1 aliphatic carbocycles. The highest BCUT2D eigenvalue weighted by atomic mass is 16.2. The number of carbonyl (C=O) groups is 2. The second-order valence-electron chi connectivity index (χ2n) is 12.8. The Morgan fingerprint density at radius 3 is 2.23 bits per heavy atom. The molecule has 7 nitrogen and oxygen atoms in total. The maximum absolute atomic E-state index is 13.1. The van der Waals surface area contributed by atoms with Crippen LogP contribution in [0.4, 0.5) is 0 Å². The van der Waals surface area contributed by atoms with Gasteiger partial charge in [0.05, 0.1) is 0 Å². The molecule has 3 rings (SSSR count). The van der Waals surface area contributed by atoms with Crippen molar-refractivity contribution in [2.24, 2.45) is 22.6 Å². The minimum Gasteiger partial charge on any atom is -0.394 e. The van der Waals surface area contributed by atoms with Crippen molar-refractivity contribution in [3.63, 3.8) is 0 Å². The lowest BCUT2D eigenvalue weighted by Crippen LogP contribution is -2.46. The van der Waals surface area contributed by atoms with Gasteiger partial charge < -0.3 is 20.9 Å². The van der Waals surface area contributed by atoms with Gasteiger partial charge in [0, 0.05) is 43.5 Å². The third-order valence-electron chi connectivity index (χ3n) is 8.62. The quantitative estimate of drug-likeness (QED) is 0.239. The number of nitrogens with one attached hydrogen (secondary N) is 1. The zero-order valence-corrected chi connectivity index (χ0v) is 29.5. The number of aryl methyl sites for hydroxylation is 2. The van der Waals surface area contributed by atoms with Crippen molar-refractivity contribution in [3.8, 4) is 0 Å². The van der Waals surface area contributed by atoms with Crippen LogP contribution in [0, 0.1) is 32.6 Å². The van der Waals surface area contributed by atoms with Gasteiger partial charge in [-0.15, -0.1) is 6.58 Å². The van der Waals surface area contributed by atoms with Crippen LogP contribution in [0.2, 0.25) is 0 Å². The predicted octanol–water partition coefficient (Wildman–Crippen LogP) is 6.76. The lowest BCUT2D eigenvalue weighted by Gasteiger charge is -2.33. The van der Waals surface area contributed by atoms with E-state index >= 15 is 0 Å². The van der Waals surface area contributed by atoms with E-state index in [9.17, 15) is 9.59 Å². The standard InChI is InChI=1S/C25H45N5O2.C9H12.C3H6/c1-6-12-29(13-9-18(2)3)23(31)17-28-22-8-7-19(4)16-21(22)24(26)25(32)30-14-10-20(27-5)11-15-30;1-7-5-4-6-8(2)9(7)3;1-3-2/h18-20,27H,6-17,26H2,1-5H3;4-6H,1-3H3;3H,1H2,2H3/b24-21-,28-22?;;. The smallest absolute Gasteiger partial charge is 0.270 e. The topological polar surface area (TPSA) is 91.0 Å². The molecule has 3 N–H and O–H groups in total. The summed E-state index contributed by atoms with van der Waals surface area (Å²) in [5.74, 6) is 1.01. The van der Waals surface area contributed by atoms with Crippen LogP contribution in [-0.4, -0.2) is 73.1 Å². The van der Waals surface area contributed by atoms with Crippen molar-refractivity contribution >= 4 is 17.5 Å². The van der Waals surface area contributed by atoms with Gasteiger partial charge in [-0.2, -0.15) is 0 Å². The molecule has 1 unspecified atom stereocenters. The highest BCUT2D eigenvalue weighted by molar-refractivity contribution is 6.08. The van der Waals surface area contributed by atoms with Gasteiger partial charge in [-0.05, 0) is 108 Å². The average Bonchev–Trinajstić information content (AvgIpc) is 3.01. The third-order valence-corrected chi connectivity index (χ3v) is 8.62. The van der Waals surface area contributed by atoms with Crippen molar-refractivity contribution in [2.45, 2.75) is 106 Å². The van der Waals surface area contributed by atoms with E-state index in [4.69, 9.17) is 10.7 Å². The minimum atomic E-state index is -0.0766. The van der Waals surface area contributed by atoms with E-state index in [-0.39, 0.29) is 18.4 Å². The largest absolute Gasteiger partial charge is 0.394 e. The second-order valence-corrected chi connectivity index (χ2v) is 12.8. The molecule has 0 aromatic heterocycles. The molecule has 1 aliphatic heterocycles. The number of nitrogens with zero attached hydrogens (tertiary/aromatic N) is 3.